The Morgan fingerprint density at radius 2 is 2.14 bits per heavy atom. The lowest BCUT2D eigenvalue weighted by Crippen LogP contribution is -2.35. The highest BCUT2D eigenvalue weighted by Crippen LogP contribution is 2.25. The van der Waals surface area contributed by atoms with E-state index in [1.54, 1.807) is 12.1 Å². The Balaban J connectivity index is 1.74. The fourth-order valence-corrected chi connectivity index (χ4v) is 2.59. The van der Waals surface area contributed by atoms with Crippen molar-refractivity contribution in [3.05, 3.63) is 17.7 Å². The number of rotatable bonds is 2. The molecule has 1 unspecified atom stereocenters. The van der Waals surface area contributed by atoms with E-state index in [-0.39, 0.29) is 18.1 Å². The number of pyridine rings is 1. The van der Waals surface area contributed by atoms with Crippen LogP contribution in [0.15, 0.2) is 12.1 Å². The van der Waals surface area contributed by atoms with Crippen LogP contribution in [0.2, 0.25) is 0 Å². The van der Waals surface area contributed by atoms with Crippen LogP contribution in [0.4, 0.5) is 0 Å². The number of aromatic nitrogens is 1. The fraction of sp³-hybridized carbons (Fsp3) is 0.600. The molecule has 6 nitrogen and oxygen atoms in total. The SMILES string of the molecule is CC1CNC(=O)c2ccc(OC3CCN(C)CC3)nc2O1. The first-order valence-electron chi connectivity index (χ1n) is 7.43. The molecule has 1 aromatic heterocycles. The zero-order valence-corrected chi connectivity index (χ0v) is 12.5. The number of nitrogens with zero attached hydrogens (tertiary/aromatic N) is 2. The van der Waals surface area contributed by atoms with Gasteiger partial charge < -0.3 is 19.7 Å². The average Bonchev–Trinajstić information content (AvgIpc) is 2.60. The minimum atomic E-state index is -0.146. The third kappa shape index (κ3) is 3.26. The summed E-state index contributed by atoms with van der Waals surface area (Å²) in [6.45, 7) is 4.46. The van der Waals surface area contributed by atoms with Crippen LogP contribution >= 0.6 is 0 Å². The highest BCUT2D eigenvalue weighted by Gasteiger charge is 2.23. The van der Waals surface area contributed by atoms with Gasteiger partial charge in [-0.3, -0.25) is 4.79 Å². The summed E-state index contributed by atoms with van der Waals surface area (Å²) in [6.07, 6.45) is 2.07. The number of carbonyl (C=O) groups excluding carboxylic acids is 1. The molecule has 2 aliphatic heterocycles. The van der Waals surface area contributed by atoms with Crippen molar-refractivity contribution in [2.24, 2.45) is 0 Å². The fourth-order valence-electron chi connectivity index (χ4n) is 2.59. The molecule has 0 aromatic carbocycles. The third-order valence-corrected chi connectivity index (χ3v) is 3.90. The number of likely N-dealkylation sites (tertiary alicyclic amines) is 1. The number of nitrogens with one attached hydrogen (secondary N) is 1. The summed E-state index contributed by atoms with van der Waals surface area (Å²) in [5, 5.41) is 2.81. The third-order valence-electron chi connectivity index (χ3n) is 3.90. The molecule has 0 spiro atoms. The van der Waals surface area contributed by atoms with Gasteiger partial charge >= 0.3 is 0 Å². The van der Waals surface area contributed by atoms with Crippen LogP contribution in [0.5, 0.6) is 11.8 Å². The summed E-state index contributed by atoms with van der Waals surface area (Å²) in [6, 6.07) is 3.47. The Hall–Kier alpha value is -1.82. The largest absolute Gasteiger partial charge is 0.474 e. The molecule has 1 N–H and O–H groups in total. The summed E-state index contributed by atoms with van der Waals surface area (Å²) in [5.41, 5.74) is 0.468. The van der Waals surface area contributed by atoms with Gasteiger partial charge in [-0.25, -0.2) is 0 Å². The molecular formula is C15H21N3O3. The summed E-state index contributed by atoms with van der Waals surface area (Å²) in [5.74, 6) is 0.751. The number of hydrogen-bond acceptors (Lipinski definition) is 5. The first-order valence-corrected chi connectivity index (χ1v) is 7.43. The van der Waals surface area contributed by atoms with Gasteiger partial charge in [0.25, 0.3) is 5.91 Å². The highest BCUT2D eigenvalue weighted by molar-refractivity contribution is 5.96. The van der Waals surface area contributed by atoms with Gasteiger partial charge in [-0.2, -0.15) is 4.98 Å². The second-order valence-corrected chi connectivity index (χ2v) is 5.76. The summed E-state index contributed by atoms with van der Waals surface area (Å²) < 4.78 is 11.6. The molecule has 3 heterocycles. The topological polar surface area (TPSA) is 63.7 Å². The molecule has 1 fully saturated rings. The summed E-state index contributed by atoms with van der Waals surface area (Å²) in [7, 11) is 2.12. The van der Waals surface area contributed by atoms with Gasteiger partial charge in [-0.05, 0) is 32.9 Å². The molecule has 1 amide bonds. The monoisotopic (exact) mass is 291 g/mol. The lowest BCUT2D eigenvalue weighted by molar-refractivity contribution is 0.0952. The molecule has 0 radical (unpaired) electrons. The van der Waals surface area contributed by atoms with Crippen LogP contribution in [0, 0.1) is 0 Å². The molecule has 114 valence electrons. The van der Waals surface area contributed by atoms with E-state index in [2.05, 4.69) is 22.2 Å². The maximum absolute atomic E-state index is 11.9. The first kappa shape index (κ1) is 14.1. The molecule has 21 heavy (non-hydrogen) atoms. The van der Waals surface area contributed by atoms with E-state index in [4.69, 9.17) is 9.47 Å². The highest BCUT2D eigenvalue weighted by atomic mass is 16.5. The Kier molecular flexibility index (Phi) is 3.96. The predicted octanol–water partition coefficient (Wildman–Crippen LogP) is 1.07. The number of carbonyl (C=O) groups is 1. The van der Waals surface area contributed by atoms with Crippen molar-refractivity contribution < 1.29 is 14.3 Å². The smallest absolute Gasteiger partial charge is 0.256 e. The Morgan fingerprint density at radius 1 is 1.38 bits per heavy atom. The normalized spacial score (nSPS) is 23.7. The van der Waals surface area contributed by atoms with Gasteiger partial charge in [0, 0.05) is 19.2 Å². The van der Waals surface area contributed by atoms with Crippen LogP contribution < -0.4 is 14.8 Å². The van der Waals surface area contributed by atoms with Gasteiger partial charge in [0.2, 0.25) is 11.8 Å². The zero-order chi connectivity index (χ0) is 14.8. The number of hydrogen-bond donors (Lipinski definition) is 1. The van der Waals surface area contributed by atoms with Crippen molar-refractivity contribution in [2.75, 3.05) is 26.7 Å². The maximum atomic E-state index is 11.9. The van der Waals surface area contributed by atoms with Crippen molar-refractivity contribution in [2.45, 2.75) is 32.0 Å². The number of amides is 1. The van der Waals surface area contributed by atoms with Gasteiger partial charge in [-0.15, -0.1) is 0 Å². The standard InChI is InChI=1S/C15H21N3O3/c1-10-9-16-14(19)12-3-4-13(17-15(12)20-10)21-11-5-7-18(2)8-6-11/h3-4,10-11H,5-9H2,1-2H3,(H,16,19). The average molecular weight is 291 g/mol. The molecule has 1 aromatic rings. The van der Waals surface area contributed by atoms with E-state index in [9.17, 15) is 4.79 Å². The van der Waals surface area contributed by atoms with Gasteiger partial charge in [0.15, 0.2) is 0 Å². The van der Waals surface area contributed by atoms with Crippen LogP contribution in [0.1, 0.15) is 30.1 Å². The zero-order valence-electron chi connectivity index (χ0n) is 12.5. The van der Waals surface area contributed by atoms with E-state index in [1.165, 1.54) is 0 Å². The maximum Gasteiger partial charge on any atom is 0.256 e. The lowest BCUT2D eigenvalue weighted by atomic mass is 10.1. The van der Waals surface area contributed by atoms with Gasteiger partial charge in [0.05, 0.1) is 6.54 Å². The van der Waals surface area contributed by atoms with Crippen molar-refractivity contribution in [3.63, 3.8) is 0 Å². The number of fused-ring (bicyclic) bond motifs is 1. The molecular weight excluding hydrogens is 270 g/mol. The Morgan fingerprint density at radius 3 is 2.90 bits per heavy atom. The molecule has 1 atom stereocenters. The summed E-state index contributed by atoms with van der Waals surface area (Å²) >= 11 is 0. The van der Waals surface area contributed by atoms with E-state index < -0.39 is 0 Å². The molecule has 6 heteroatoms. The van der Waals surface area contributed by atoms with E-state index in [1.807, 2.05) is 6.92 Å². The van der Waals surface area contributed by atoms with Crippen molar-refractivity contribution in [1.29, 1.82) is 0 Å². The second kappa shape index (κ2) is 5.89. The molecule has 3 rings (SSSR count). The van der Waals surface area contributed by atoms with Crippen LogP contribution in [0.25, 0.3) is 0 Å². The van der Waals surface area contributed by atoms with Crippen LogP contribution in [-0.2, 0) is 0 Å². The van der Waals surface area contributed by atoms with Crippen molar-refractivity contribution >= 4 is 5.91 Å². The quantitative estimate of drug-likeness (QED) is 0.883. The molecule has 0 saturated carbocycles. The van der Waals surface area contributed by atoms with E-state index >= 15 is 0 Å². The van der Waals surface area contributed by atoms with Crippen LogP contribution in [-0.4, -0.2) is 54.7 Å². The van der Waals surface area contributed by atoms with Gasteiger partial charge in [0.1, 0.15) is 17.8 Å². The molecule has 0 bridgehead atoms. The molecule has 2 aliphatic rings. The van der Waals surface area contributed by atoms with Crippen molar-refractivity contribution in [1.82, 2.24) is 15.2 Å². The Bertz CT molecular complexity index is 527. The van der Waals surface area contributed by atoms with Crippen molar-refractivity contribution in [3.8, 4) is 11.8 Å². The van der Waals surface area contributed by atoms with E-state index in [0.717, 1.165) is 25.9 Å². The molecule has 1 saturated heterocycles. The first-order chi connectivity index (χ1) is 10.1. The van der Waals surface area contributed by atoms with Crippen LogP contribution in [0.3, 0.4) is 0 Å². The summed E-state index contributed by atoms with van der Waals surface area (Å²) in [4.78, 5) is 18.6. The van der Waals surface area contributed by atoms with E-state index in [0.29, 0.717) is 23.9 Å². The lowest BCUT2D eigenvalue weighted by Gasteiger charge is -2.29. The Labute approximate surface area is 124 Å². The van der Waals surface area contributed by atoms with Gasteiger partial charge in [-0.1, -0.05) is 0 Å². The predicted molar refractivity (Wildman–Crippen MR) is 77.8 cm³/mol. The minimum absolute atomic E-state index is 0.0960. The number of ether oxygens (including phenoxy) is 2. The molecule has 0 aliphatic carbocycles. The second-order valence-electron chi connectivity index (χ2n) is 5.76. The minimum Gasteiger partial charge on any atom is -0.474 e. The number of piperidine rings is 1.